The van der Waals surface area contributed by atoms with Crippen molar-refractivity contribution in [3.8, 4) is 11.4 Å². The van der Waals surface area contributed by atoms with Crippen molar-refractivity contribution in [2.75, 3.05) is 5.75 Å². The molecule has 0 saturated heterocycles. The van der Waals surface area contributed by atoms with E-state index in [9.17, 15) is 13.2 Å². The highest BCUT2D eigenvalue weighted by Gasteiger charge is 2.59. The molecule has 2 aliphatic carbocycles. The molecule has 2 saturated carbocycles. The van der Waals surface area contributed by atoms with Crippen LogP contribution in [-0.2, 0) is 14.9 Å². The second kappa shape index (κ2) is 5.87. The van der Waals surface area contributed by atoms with Crippen LogP contribution >= 0.6 is 0 Å². The molecule has 2 bridgehead atoms. The van der Waals surface area contributed by atoms with Gasteiger partial charge in [-0.25, -0.2) is 4.68 Å². The number of ketones is 1. The van der Waals surface area contributed by atoms with Gasteiger partial charge in [-0.05, 0) is 46.7 Å². The lowest BCUT2D eigenvalue weighted by molar-refractivity contribution is -0.125. The van der Waals surface area contributed by atoms with E-state index in [0.717, 1.165) is 12.8 Å². The third kappa shape index (κ3) is 2.80. The standard InChI is InChI=1S/C17H20N4O4S/c1-17(2)14-6-7-15(17)16(22)13(14)9-26(23,24)25-12-5-3-4-11(8-12)21-10-18-19-20-21/h3-5,8,10,13-15H,6-7,9H2,1-2H3/t13-,14-,15-/m0/s1. The van der Waals surface area contributed by atoms with Gasteiger partial charge in [0.1, 0.15) is 17.9 Å². The lowest BCUT2D eigenvalue weighted by Gasteiger charge is -2.25. The SMILES string of the molecule is CC1(C)[C@H]2CC[C@H]1[C@H](CS(=O)(=O)Oc1cccc(-n3cnnn3)c1)C2=O. The number of fused-ring (bicyclic) bond motifs is 2. The Balaban J connectivity index is 1.52. The van der Waals surface area contributed by atoms with Crippen molar-refractivity contribution in [2.45, 2.75) is 26.7 Å². The first kappa shape index (κ1) is 17.1. The number of aromatic nitrogens is 4. The van der Waals surface area contributed by atoms with Crippen LogP contribution in [0.15, 0.2) is 30.6 Å². The van der Waals surface area contributed by atoms with E-state index in [-0.39, 0.29) is 34.5 Å². The molecule has 9 heteroatoms. The molecule has 3 atom stereocenters. The van der Waals surface area contributed by atoms with E-state index in [1.165, 1.54) is 11.0 Å². The Morgan fingerprint density at radius 1 is 1.31 bits per heavy atom. The highest BCUT2D eigenvalue weighted by Crippen LogP contribution is 2.58. The minimum atomic E-state index is -3.89. The van der Waals surface area contributed by atoms with E-state index in [0.29, 0.717) is 5.69 Å². The van der Waals surface area contributed by atoms with Crippen LogP contribution in [0.25, 0.3) is 5.69 Å². The molecule has 0 radical (unpaired) electrons. The first-order chi connectivity index (χ1) is 12.3. The summed E-state index contributed by atoms with van der Waals surface area (Å²) in [6, 6.07) is 6.49. The van der Waals surface area contributed by atoms with Gasteiger partial charge in [-0.1, -0.05) is 19.9 Å². The van der Waals surface area contributed by atoms with Crippen molar-refractivity contribution in [3.63, 3.8) is 0 Å². The van der Waals surface area contributed by atoms with Gasteiger partial charge in [0, 0.05) is 17.9 Å². The van der Waals surface area contributed by atoms with Gasteiger partial charge >= 0.3 is 10.1 Å². The zero-order chi connectivity index (χ0) is 18.5. The molecule has 2 aromatic rings. The topological polar surface area (TPSA) is 104 Å². The normalized spacial score (nSPS) is 27.0. The fourth-order valence-electron chi connectivity index (χ4n) is 4.59. The average molecular weight is 376 g/mol. The van der Waals surface area contributed by atoms with E-state index in [4.69, 9.17) is 4.18 Å². The smallest absolute Gasteiger partial charge is 0.309 e. The molecule has 138 valence electrons. The Morgan fingerprint density at radius 3 is 2.77 bits per heavy atom. The van der Waals surface area contributed by atoms with Gasteiger partial charge in [-0.2, -0.15) is 8.42 Å². The van der Waals surface area contributed by atoms with E-state index < -0.39 is 16.0 Å². The molecule has 4 rings (SSSR count). The maximum Gasteiger partial charge on any atom is 0.309 e. The van der Waals surface area contributed by atoms with Crippen LogP contribution in [0.5, 0.6) is 5.75 Å². The zero-order valence-corrected chi connectivity index (χ0v) is 15.4. The van der Waals surface area contributed by atoms with Crippen LogP contribution in [-0.4, -0.2) is 40.2 Å². The highest BCUT2D eigenvalue weighted by atomic mass is 32.2. The third-order valence-electron chi connectivity index (χ3n) is 5.85. The van der Waals surface area contributed by atoms with E-state index in [1.54, 1.807) is 24.3 Å². The fraction of sp³-hybridized carbons (Fsp3) is 0.529. The number of hydrogen-bond donors (Lipinski definition) is 0. The zero-order valence-electron chi connectivity index (χ0n) is 14.6. The van der Waals surface area contributed by atoms with Crippen molar-refractivity contribution in [3.05, 3.63) is 30.6 Å². The molecule has 8 nitrogen and oxygen atoms in total. The monoisotopic (exact) mass is 376 g/mol. The molecule has 2 aliphatic rings. The number of benzene rings is 1. The predicted octanol–water partition coefficient (Wildman–Crippen LogP) is 1.62. The number of Topliss-reactive ketones (excluding diaryl/α,β-unsaturated/α-hetero) is 1. The first-order valence-electron chi connectivity index (χ1n) is 8.57. The van der Waals surface area contributed by atoms with Gasteiger partial charge in [0.05, 0.1) is 11.4 Å². The number of carbonyl (C=O) groups is 1. The number of hydrogen-bond acceptors (Lipinski definition) is 7. The third-order valence-corrected chi connectivity index (χ3v) is 7.07. The molecule has 0 unspecified atom stereocenters. The molecule has 0 amide bonds. The summed E-state index contributed by atoms with van der Waals surface area (Å²) in [4.78, 5) is 12.6. The molecular formula is C17H20N4O4S. The van der Waals surface area contributed by atoms with Crippen LogP contribution in [0.3, 0.4) is 0 Å². The van der Waals surface area contributed by atoms with E-state index >= 15 is 0 Å². The summed E-state index contributed by atoms with van der Waals surface area (Å²) in [5.41, 5.74) is 0.455. The molecule has 1 heterocycles. The van der Waals surface area contributed by atoms with Gasteiger partial charge in [-0.3, -0.25) is 4.79 Å². The van der Waals surface area contributed by atoms with E-state index in [2.05, 4.69) is 29.4 Å². The van der Waals surface area contributed by atoms with Crippen LogP contribution in [0.1, 0.15) is 26.7 Å². The summed E-state index contributed by atoms with van der Waals surface area (Å²) in [6.45, 7) is 4.13. The predicted molar refractivity (Wildman–Crippen MR) is 92.1 cm³/mol. The number of nitrogens with zero attached hydrogens (tertiary/aromatic N) is 4. The fourth-order valence-corrected chi connectivity index (χ4v) is 5.89. The lowest BCUT2D eigenvalue weighted by Crippen LogP contribution is -2.31. The van der Waals surface area contributed by atoms with Crippen LogP contribution in [0, 0.1) is 23.2 Å². The van der Waals surface area contributed by atoms with E-state index in [1.807, 2.05) is 0 Å². The summed E-state index contributed by atoms with van der Waals surface area (Å²) < 4.78 is 31.8. The minimum absolute atomic E-state index is 0.0316. The van der Waals surface area contributed by atoms with Crippen molar-refractivity contribution in [2.24, 2.45) is 23.2 Å². The molecule has 1 aromatic carbocycles. The number of carbonyl (C=O) groups excluding carboxylic acids is 1. The quantitative estimate of drug-likeness (QED) is 0.730. The second-order valence-corrected chi connectivity index (χ2v) is 9.24. The Hall–Kier alpha value is -2.29. The summed E-state index contributed by atoms with van der Waals surface area (Å²) in [6.07, 6.45) is 3.17. The molecular weight excluding hydrogens is 356 g/mol. The Labute approximate surface area is 151 Å². The summed E-state index contributed by atoms with van der Waals surface area (Å²) in [5.74, 6) is -0.433. The van der Waals surface area contributed by atoms with Gasteiger partial charge in [0.2, 0.25) is 0 Å². The second-order valence-electron chi connectivity index (χ2n) is 7.63. The molecule has 0 aliphatic heterocycles. The maximum atomic E-state index is 12.6. The average Bonchev–Trinajstić information content (AvgIpc) is 3.23. The van der Waals surface area contributed by atoms with Crippen LogP contribution in [0.2, 0.25) is 0 Å². The summed E-state index contributed by atoms with van der Waals surface area (Å²) >= 11 is 0. The van der Waals surface area contributed by atoms with Crippen molar-refractivity contribution < 1.29 is 17.4 Å². The molecule has 2 fully saturated rings. The Kier molecular flexibility index (Phi) is 3.87. The minimum Gasteiger partial charge on any atom is -0.382 e. The van der Waals surface area contributed by atoms with Crippen LogP contribution in [0.4, 0.5) is 0 Å². The molecule has 0 spiro atoms. The lowest BCUT2D eigenvalue weighted by atomic mass is 9.80. The largest absolute Gasteiger partial charge is 0.382 e. The highest BCUT2D eigenvalue weighted by molar-refractivity contribution is 7.87. The van der Waals surface area contributed by atoms with Crippen LogP contribution < -0.4 is 4.18 Å². The number of rotatable bonds is 5. The van der Waals surface area contributed by atoms with Crippen molar-refractivity contribution in [1.82, 2.24) is 20.2 Å². The van der Waals surface area contributed by atoms with Gasteiger partial charge in [0.25, 0.3) is 0 Å². The van der Waals surface area contributed by atoms with Gasteiger partial charge in [-0.15, -0.1) is 5.10 Å². The van der Waals surface area contributed by atoms with Gasteiger partial charge < -0.3 is 4.18 Å². The summed E-state index contributed by atoms with van der Waals surface area (Å²) in [5, 5.41) is 10.9. The first-order valence-corrected chi connectivity index (χ1v) is 10.1. The Morgan fingerprint density at radius 2 is 2.12 bits per heavy atom. The Bertz CT molecular complexity index is 939. The number of tetrazole rings is 1. The summed E-state index contributed by atoms with van der Waals surface area (Å²) in [7, 11) is -3.89. The molecule has 26 heavy (non-hydrogen) atoms. The van der Waals surface area contributed by atoms with Crippen molar-refractivity contribution >= 4 is 15.9 Å². The molecule has 1 aromatic heterocycles. The maximum absolute atomic E-state index is 12.6. The van der Waals surface area contributed by atoms with Crippen molar-refractivity contribution in [1.29, 1.82) is 0 Å². The van der Waals surface area contributed by atoms with Gasteiger partial charge in [0.15, 0.2) is 0 Å². The molecule has 0 N–H and O–H groups in total.